The van der Waals surface area contributed by atoms with Crippen LogP contribution in [0.15, 0.2) is 133 Å². The second-order valence-corrected chi connectivity index (χ2v) is 15.8. The van der Waals surface area contributed by atoms with Gasteiger partial charge in [-0.2, -0.15) is 0 Å². The number of carboxylic acid groups (broad SMARTS) is 3. The summed E-state index contributed by atoms with van der Waals surface area (Å²) in [7, 11) is 1.65. The number of likely N-dealkylation sites (N-methyl/N-ethyl adjacent to an activating group) is 1. The van der Waals surface area contributed by atoms with Crippen molar-refractivity contribution in [2.24, 2.45) is 0 Å². The van der Waals surface area contributed by atoms with Crippen LogP contribution in [0.3, 0.4) is 0 Å². The predicted octanol–water partition coefficient (Wildman–Crippen LogP) is 6.04. The van der Waals surface area contributed by atoms with E-state index in [1.807, 2.05) is 121 Å². The minimum atomic E-state index is -1.21. The van der Waals surface area contributed by atoms with Crippen LogP contribution < -0.4 is 60.3 Å². The maximum Gasteiger partial charge on any atom is 1.00 e. The van der Waals surface area contributed by atoms with E-state index in [2.05, 4.69) is 16.0 Å². The number of benzene rings is 6. The second-order valence-electron chi connectivity index (χ2n) is 15.8. The minimum Gasteiger partial charge on any atom is -0.548 e. The van der Waals surface area contributed by atoms with Crippen LogP contribution in [0.5, 0.6) is 5.75 Å². The first-order valence-corrected chi connectivity index (χ1v) is 21.6. The van der Waals surface area contributed by atoms with Crippen molar-refractivity contribution < 1.29 is 73.5 Å². The number of rotatable bonds is 18. The van der Waals surface area contributed by atoms with Gasteiger partial charge in [-0.3, -0.25) is 14.4 Å². The number of carbonyl (C=O) groups is 4. The Bertz CT molecular complexity index is 3010. The molecule has 0 fully saturated rings. The van der Waals surface area contributed by atoms with E-state index in [-0.39, 0.29) is 54.9 Å². The SMILES string of the molecule is CC(=O)Nc1cc(COCCCC(=O)O)cc(Nc2c3ccccc3nc3ccccc23)c1.CC(C(=O)[O-])N(C)c1cc(Nc2c3ccccc3nc3ccccc23)cc(OCCC(=O)O)c1.[Na+]. The van der Waals surface area contributed by atoms with Crippen molar-refractivity contribution >= 4 is 102 Å². The minimum absolute atomic E-state index is 0. The number of amides is 1. The fourth-order valence-electron chi connectivity index (χ4n) is 7.46. The summed E-state index contributed by atoms with van der Waals surface area (Å²) in [6.45, 7) is 3.63. The van der Waals surface area contributed by atoms with Gasteiger partial charge in [0.15, 0.2) is 0 Å². The number of hydrogen-bond acceptors (Lipinski definition) is 12. The molecule has 0 aliphatic heterocycles. The molecular weight excluding hydrogens is 876 g/mol. The zero-order chi connectivity index (χ0) is 47.5. The van der Waals surface area contributed by atoms with E-state index in [0.717, 1.165) is 66.2 Å². The molecule has 1 unspecified atom stereocenters. The molecule has 8 aromatic rings. The Morgan fingerprint density at radius 2 is 1.12 bits per heavy atom. The molecule has 8 rings (SSSR count). The zero-order valence-corrected chi connectivity index (χ0v) is 40.1. The molecule has 0 aliphatic carbocycles. The molecule has 5 N–H and O–H groups in total. The standard InChI is InChI=1S/C26H25N3O5.C26H25N3O4.Na/c1-16(26(32)33)29(2)18-13-17(14-19(15-18)34-12-11-24(30)31)27-25-20-7-3-5-9-22(20)28-23-10-6-4-8-21(23)25;1-17(30)27-19-13-18(16-33-12-6-11-25(31)32)14-20(15-19)28-26-21-7-2-4-9-23(21)29-24-10-5-3-8-22(24)26;/h3-10,13-16H,11-12H2,1-2H3,(H,27,28)(H,30,31)(H,32,33);2-5,7-10,13-15H,6,11-12,16H2,1H3,(H,27,30)(H,28,29)(H,31,32);/q;;+1/p-1. The molecule has 16 heteroatoms. The first-order valence-electron chi connectivity index (χ1n) is 21.6. The van der Waals surface area contributed by atoms with Crippen LogP contribution >= 0.6 is 0 Å². The normalized spacial score (nSPS) is 11.2. The Morgan fingerprint density at radius 1 is 0.647 bits per heavy atom. The number of para-hydroxylation sites is 4. The van der Waals surface area contributed by atoms with Gasteiger partial charge >= 0.3 is 41.5 Å². The maximum absolute atomic E-state index is 11.7. The first-order chi connectivity index (χ1) is 32.3. The number of anilines is 6. The third-order valence-electron chi connectivity index (χ3n) is 10.8. The number of fused-ring (bicyclic) bond motifs is 4. The predicted molar refractivity (Wildman–Crippen MR) is 259 cm³/mol. The summed E-state index contributed by atoms with van der Waals surface area (Å²) in [5, 5.41) is 42.8. The molecule has 2 heterocycles. The topological polar surface area (TPSA) is 215 Å². The van der Waals surface area contributed by atoms with E-state index in [1.54, 1.807) is 24.1 Å². The van der Waals surface area contributed by atoms with Crippen LogP contribution in [0, 0.1) is 0 Å². The van der Waals surface area contributed by atoms with Gasteiger partial charge in [-0.1, -0.05) is 72.8 Å². The van der Waals surface area contributed by atoms with Crippen LogP contribution in [-0.4, -0.2) is 70.3 Å². The molecule has 15 nitrogen and oxygen atoms in total. The van der Waals surface area contributed by atoms with Crippen molar-refractivity contribution in [3.05, 3.63) is 139 Å². The van der Waals surface area contributed by atoms with Crippen LogP contribution in [0.1, 0.15) is 38.7 Å². The van der Waals surface area contributed by atoms with Crippen molar-refractivity contribution in [2.45, 2.75) is 45.8 Å². The van der Waals surface area contributed by atoms with Gasteiger partial charge in [0.1, 0.15) is 5.75 Å². The number of nitrogens with zero attached hydrogens (tertiary/aromatic N) is 3. The van der Waals surface area contributed by atoms with E-state index in [0.29, 0.717) is 42.4 Å². The third-order valence-corrected chi connectivity index (χ3v) is 10.8. The number of carbonyl (C=O) groups excluding carboxylic acids is 2. The quantitative estimate of drug-likeness (QED) is 0.0377. The Balaban J connectivity index is 0.000000221. The average molecular weight is 925 g/mol. The smallest absolute Gasteiger partial charge is 0.548 e. The van der Waals surface area contributed by atoms with Gasteiger partial charge < -0.3 is 50.4 Å². The van der Waals surface area contributed by atoms with Crippen molar-refractivity contribution in [3.63, 3.8) is 0 Å². The molecule has 68 heavy (non-hydrogen) atoms. The molecule has 6 aromatic carbocycles. The zero-order valence-electron chi connectivity index (χ0n) is 38.1. The van der Waals surface area contributed by atoms with Crippen LogP contribution in [0.25, 0.3) is 43.6 Å². The van der Waals surface area contributed by atoms with Gasteiger partial charge in [0.05, 0.1) is 65.1 Å². The third kappa shape index (κ3) is 13.0. The molecule has 1 atom stereocenters. The Hall–Kier alpha value is -7.30. The van der Waals surface area contributed by atoms with Gasteiger partial charge in [-0.15, -0.1) is 0 Å². The number of pyridine rings is 2. The second kappa shape index (κ2) is 23.4. The molecule has 0 bridgehead atoms. The number of ether oxygens (including phenoxy) is 2. The largest absolute Gasteiger partial charge is 1.00 e. The van der Waals surface area contributed by atoms with E-state index in [9.17, 15) is 24.3 Å². The summed E-state index contributed by atoms with van der Waals surface area (Å²) in [5.74, 6) is -2.76. The molecule has 0 saturated carbocycles. The first kappa shape index (κ1) is 50.1. The molecular formula is C52H49N6NaO9. The average Bonchev–Trinajstić information content (AvgIpc) is 3.30. The molecule has 2 aromatic heterocycles. The molecule has 0 radical (unpaired) electrons. The van der Waals surface area contributed by atoms with E-state index < -0.39 is 23.9 Å². The Labute approximate surface area is 414 Å². The summed E-state index contributed by atoms with van der Waals surface area (Å²) in [5.41, 5.74) is 8.78. The van der Waals surface area contributed by atoms with Crippen LogP contribution in [0.4, 0.5) is 34.1 Å². The van der Waals surface area contributed by atoms with Gasteiger partial charge in [-0.05, 0) is 67.4 Å². The Kier molecular flexibility index (Phi) is 17.3. The van der Waals surface area contributed by atoms with E-state index in [1.165, 1.54) is 13.8 Å². The fourth-order valence-corrected chi connectivity index (χ4v) is 7.46. The molecule has 0 spiro atoms. The van der Waals surface area contributed by atoms with E-state index >= 15 is 0 Å². The number of aliphatic carboxylic acids is 3. The van der Waals surface area contributed by atoms with E-state index in [4.69, 9.17) is 29.7 Å². The van der Waals surface area contributed by atoms with Crippen LogP contribution in [0.2, 0.25) is 0 Å². The maximum atomic E-state index is 11.7. The molecule has 0 aliphatic rings. The van der Waals surface area contributed by atoms with Gasteiger partial charge in [0.2, 0.25) is 5.91 Å². The van der Waals surface area contributed by atoms with Crippen molar-refractivity contribution in [2.75, 3.05) is 41.1 Å². The monoisotopic (exact) mass is 924 g/mol. The Morgan fingerprint density at radius 3 is 1.59 bits per heavy atom. The summed E-state index contributed by atoms with van der Waals surface area (Å²) in [6.07, 6.45) is 0.361. The number of aromatic nitrogens is 2. The summed E-state index contributed by atoms with van der Waals surface area (Å²) in [4.78, 5) is 55.8. The van der Waals surface area contributed by atoms with Gasteiger partial charge in [0.25, 0.3) is 0 Å². The molecule has 0 saturated heterocycles. The van der Waals surface area contributed by atoms with Crippen molar-refractivity contribution in [1.29, 1.82) is 0 Å². The van der Waals surface area contributed by atoms with Gasteiger partial charge in [-0.25, -0.2) is 9.97 Å². The number of hydrogen-bond donors (Lipinski definition) is 5. The summed E-state index contributed by atoms with van der Waals surface area (Å²) >= 11 is 0. The van der Waals surface area contributed by atoms with Crippen LogP contribution in [-0.2, 0) is 30.5 Å². The van der Waals surface area contributed by atoms with Crippen molar-refractivity contribution in [1.82, 2.24) is 9.97 Å². The van der Waals surface area contributed by atoms with Gasteiger partial charge in [0, 0.05) is 83.4 Å². The molecule has 1 amide bonds. The summed E-state index contributed by atoms with van der Waals surface area (Å²) in [6, 6.07) is 41.6. The summed E-state index contributed by atoms with van der Waals surface area (Å²) < 4.78 is 11.3. The fraction of sp³-hybridized carbons (Fsp3) is 0.192. The number of carboxylic acids is 3. The number of nitrogens with one attached hydrogen (secondary N) is 3. The van der Waals surface area contributed by atoms with Crippen molar-refractivity contribution in [3.8, 4) is 5.75 Å². The molecule has 342 valence electrons.